The van der Waals surface area contributed by atoms with Crippen LogP contribution in [0.25, 0.3) is 0 Å². The van der Waals surface area contributed by atoms with Crippen molar-refractivity contribution >= 4 is 0 Å². The van der Waals surface area contributed by atoms with Crippen molar-refractivity contribution in [1.82, 2.24) is 0 Å². The maximum atomic E-state index is 12.0. The molecule has 0 N–H and O–H groups in total. The van der Waals surface area contributed by atoms with Crippen LogP contribution in [0.2, 0.25) is 0 Å². The zero-order valence-electron chi connectivity index (χ0n) is 7.50. The van der Waals surface area contributed by atoms with E-state index in [0.29, 0.717) is 0 Å². The number of hydrogen-bond donors (Lipinski definition) is 0. The molecule has 0 radical (unpaired) electrons. The van der Waals surface area contributed by atoms with Crippen molar-refractivity contribution in [2.24, 2.45) is 11.3 Å². The predicted molar refractivity (Wildman–Crippen MR) is 41.7 cm³/mol. The zero-order chi connectivity index (χ0) is 9.57. The Balaban J connectivity index is 2.60. The smallest absolute Gasteiger partial charge is 0.167 e. The third-order valence-corrected chi connectivity index (χ3v) is 2.49. The molecule has 0 heterocycles. The quantitative estimate of drug-likeness (QED) is 0.539. The summed E-state index contributed by atoms with van der Waals surface area (Å²) in [5.41, 5.74) is -0.370. The molecule has 0 saturated heterocycles. The Hall–Kier alpha value is -0.470. The predicted octanol–water partition coefficient (Wildman–Crippen LogP) is 3.54. The maximum absolute atomic E-state index is 12.0. The first-order chi connectivity index (χ1) is 5.23. The topological polar surface area (TPSA) is 0 Å². The van der Waals surface area contributed by atoms with Crippen LogP contribution in [-0.2, 0) is 0 Å². The molecule has 70 valence electrons. The molecule has 0 aromatic carbocycles. The molecule has 0 aromatic heterocycles. The van der Waals surface area contributed by atoms with Crippen LogP contribution in [0, 0.1) is 11.3 Å². The first-order valence-corrected chi connectivity index (χ1v) is 3.99. The third-order valence-electron chi connectivity index (χ3n) is 2.49. The lowest BCUT2D eigenvalue weighted by Gasteiger charge is -2.06. The van der Waals surface area contributed by atoms with E-state index in [4.69, 9.17) is 0 Å². The third kappa shape index (κ3) is 2.02. The van der Waals surface area contributed by atoms with E-state index in [2.05, 4.69) is 0 Å². The SMILES string of the molecule is C/C(=C/C1CC1(C)C)C(F)(F)F. The molecule has 1 fully saturated rings. The van der Waals surface area contributed by atoms with E-state index in [1.807, 2.05) is 13.8 Å². The van der Waals surface area contributed by atoms with E-state index in [1.54, 1.807) is 0 Å². The van der Waals surface area contributed by atoms with E-state index in [0.717, 1.165) is 13.3 Å². The van der Waals surface area contributed by atoms with Gasteiger partial charge in [-0.1, -0.05) is 19.9 Å². The van der Waals surface area contributed by atoms with Gasteiger partial charge in [0.25, 0.3) is 0 Å². The highest BCUT2D eigenvalue weighted by Gasteiger charge is 2.45. The Bertz CT molecular complexity index is 210. The van der Waals surface area contributed by atoms with Crippen molar-refractivity contribution in [2.75, 3.05) is 0 Å². The molecule has 1 saturated carbocycles. The molecule has 0 aliphatic heterocycles. The van der Waals surface area contributed by atoms with E-state index in [9.17, 15) is 13.2 Å². The number of allylic oxidation sites excluding steroid dienone is 2. The molecule has 1 atom stereocenters. The summed E-state index contributed by atoms with van der Waals surface area (Å²) < 4.78 is 36.1. The van der Waals surface area contributed by atoms with Gasteiger partial charge in [-0.3, -0.25) is 0 Å². The van der Waals surface area contributed by atoms with Crippen molar-refractivity contribution in [3.05, 3.63) is 11.6 Å². The fourth-order valence-corrected chi connectivity index (χ4v) is 1.19. The molecule has 0 bridgehead atoms. The van der Waals surface area contributed by atoms with Crippen LogP contribution < -0.4 is 0 Å². The molecular formula is C9H13F3. The molecule has 1 unspecified atom stereocenters. The fraction of sp³-hybridized carbons (Fsp3) is 0.778. The lowest BCUT2D eigenvalue weighted by atomic mass is 10.1. The number of alkyl halides is 3. The van der Waals surface area contributed by atoms with E-state index in [-0.39, 0.29) is 11.3 Å². The summed E-state index contributed by atoms with van der Waals surface area (Å²) in [6, 6.07) is 0. The summed E-state index contributed by atoms with van der Waals surface area (Å²) in [5.74, 6) is 0.124. The Kier molecular flexibility index (Phi) is 2.01. The van der Waals surface area contributed by atoms with Crippen LogP contribution >= 0.6 is 0 Å². The highest BCUT2D eigenvalue weighted by molar-refractivity contribution is 5.15. The molecule has 1 rings (SSSR count). The van der Waals surface area contributed by atoms with E-state index >= 15 is 0 Å². The highest BCUT2D eigenvalue weighted by Crippen LogP contribution is 2.53. The second-order valence-electron chi connectivity index (χ2n) is 4.15. The van der Waals surface area contributed by atoms with Gasteiger partial charge < -0.3 is 0 Å². The molecule has 12 heavy (non-hydrogen) atoms. The average molecular weight is 178 g/mol. The Morgan fingerprint density at radius 3 is 2.08 bits per heavy atom. The van der Waals surface area contributed by atoms with Crippen LogP contribution in [0.4, 0.5) is 13.2 Å². The van der Waals surface area contributed by atoms with Gasteiger partial charge in [-0.2, -0.15) is 13.2 Å². The summed E-state index contributed by atoms with van der Waals surface area (Å²) in [6.45, 7) is 5.10. The molecule has 0 nitrogen and oxygen atoms in total. The summed E-state index contributed by atoms with van der Waals surface area (Å²) in [6.07, 6.45) is -1.92. The fourth-order valence-electron chi connectivity index (χ4n) is 1.19. The van der Waals surface area contributed by atoms with Gasteiger partial charge in [-0.25, -0.2) is 0 Å². The minimum Gasteiger partial charge on any atom is -0.167 e. The average Bonchev–Trinajstić information content (AvgIpc) is 2.36. The lowest BCUT2D eigenvalue weighted by molar-refractivity contribution is -0.0916. The summed E-state index contributed by atoms with van der Waals surface area (Å²) in [7, 11) is 0. The second kappa shape index (κ2) is 2.51. The minimum absolute atomic E-state index is 0.0898. The molecule has 1 aliphatic carbocycles. The van der Waals surface area contributed by atoms with Crippen LogP contribution in [0.3, 0.4) is 0 Å². The Labute approximate surface area is 70.5 Å². The molecule has 0 spiro atoms. The van der Waals surface area contributed by atoms with Crippen molar-refractivity contribution in [3.63, 3.8) is 0 Å². The standard InChI is InChI=1S/C9H13F3/c1-6(9(10,11)12)4-7-5-8(7,2)3/h4,7H,5H2,1-3H3/b6-4-. The van der Waals surface area contributed by atoms with Gasteiger partial charge in [0, 0.05) is 5.57 Å². The molecule has 0 amide bonds. The number of hydrogen-bond acceptors (Lipinski definition) is 0. The Morgan fingerprint density at radius 2 is 1.83 bits per heavy atom. The van der Waals surface area contributed by atoms with Crippen molar-refractivity contribution in [3.8, 4) is 0 Å². The lowest BCUT2D eigenvalue weighted by Crippen LogP contribution is -2.09. The zero-order valence-corrected chi connectivity index (χ0v) is 7.50. The van der Waals surface area contributed by atoms with Crippen LogP contribution in [0.15, 0.2) is 11.6 Å². The second-order valence-corrected chi connectivity index (χ2v) is 4.15. The van der Waals surface area contributed by atoms with Gasteiger partial charge >= 0.3 is 6.18 Å². The summed E-state index contributed by atoms with van der Waals surface area (Å²) in [4.78, 5) is 0. The van der Waals surface area contributed by atoms with E-state index < -0.39 is 11.7 Å². The van der Waals surface area contributed by atoms with E-state index in [1.165, 1.54) is 6.08 Å². The van der Waals surface area contributed by atoms with Crippen LogP contribution in [0.1, 0.15) is 27.2 Å². The van der Waals surface area contributed by atoms with Gasteiger partial charge in [0.1, 0.15) is 0 Å². The highest BCUT2D eigenvalue weighted by atomic mass is 19.4. The summed E-state index contributed by atoms with van der Waals surface area (Å²) >= 11 is 0. The first kappa shape index (κ1) is 9.62. The number of halogens is 3. The van der Waals surface area contributed by atoms with Crippen LogP contribution in [0.5, 0.6) is 0 Å². The molecular weight excluding hydrogens is 165 g/mol. The first-order valence-electron chi connectivity index (χ1n) is 3.99. The maximum Gasteiger partial charge on any atom is 0.412 e. The molecule has 3 heteroatoms. The number of rotatable bonds is 1. The minimum atomic E-state index is -4.14. The largest absolute Gasteiger partial charge is 0.412 e. The van der Waals surface area contributed by atoms with Gasteiger partial charge in [-0.05, 0) is 24.7 Å². The van der Waals surface area contributed by atoms with Crippen molar-refractivity contribution in [2.45, 2.75) is 33.4 Å². The van der Waals surface area contributed by atoms with Gasteiger partial charge in [0.2, 0.25) is 0 Å². The van der Waals surface area contributed by atoms with Gasteiger partial charge in [-0.15, -0.1) is 0 Å². The van der Waals surface area contributed by atoms with Gasteiger partial charge in [0.05, 0.1) is 0 Å². The van der Waals surface area contributed by atoms with Crippen molar-refractivity contribution in [1.29, 1.82) is 0 Å². The summed E-state index contributed by atoms with van der Waals surface area (Å²) in [5, 5.41) is 0. The van der Waals surface area contributed by atoms with Crippen molar-refractivity contribution < 1.29 is 13.2 Å². The monoisotopic (exact) mass is 178 g/mol. The van der Waals surface area contributed by atoms with Crippen LogP contribution in [-0.4, -0.2) is 6.18 Å². The molecule has 1 aliphatic rings. The van der Waals surface area contributed by atoms with Gasteiger partial charge in [0.15, 0.2) is 0 Å². The normalized spacial score (nSPS) is 28.8. The molecule has 0 aromatic rings. The Morgan fingerprint density at radius 1 is 1.42 bits per heavy atom.